The minimum Gasteiger partial charge on any atom is -0.455 e. The molecule has 130 valence electrons. The highest BCUT2D eigenvalue weighted by molar-refractivity contribution is 7.08. The van der Waals surface area contributed by atoms with Crippen LogP contribution in [0.3, 0.4) is 0 Å². The average Bonchev–Trinajstić information content (AvgIpc) is 3.06. The zero-order chi connectivity index (χ0) is 18.0. The van der Waals surface area contributed by atoms with Crippen LogP contribution in [0.25, 0.3) is 0 Å². The van der Waals surface area contributed by atoms with Gasteiger partial charge in [-0.1, -0.05) is 12.1 Å². The van der Waals surface area contributed by atoms with Crippen LogP contribution >= 0.6 is 11.3 Å². The van der Waals surface area contributed by atoms with Gasteiger partial charge in [-0.05, 0) is 48.4 Å². The Morgan fingerprint density at radius 2 is 2.00 bits per heavy atom. The molecule has 2 amide bonds. The van der Waals surface area contributed by atoms with Crippen LogP contribution in [0.5, 0.6) is 0 Å². The van der Waals surface area contributed by atoms with Crippen LogP contribution in [0, 0.1) is 0 Å². The maximum absolute atomic E-state index is 12.7. The van der Waals surface area contributed by atoms with Gasteiger partial charge in [-0.25, -0.2) is 0 Å². The molecule has 1 aliphatic heterocycles. The van der Waals surface area contributed by atoms with Crippen molar-refractivity contribution in [3.63, 3.8) is 0 Å². The molecule has 3 rings (SSSR count). The summed E-state index contributed by atoms with van der Waals surface area (Å²) in [6, 6.07) is 8.88. The molecule has 0 aliphatic carbocycles. The van der Waals surface area contributed by atoms with E-state index in [4.69, 9.17) is 4.74 Å². The van der Waals surface area contributed by atoms with Gasteiger partial charge >= 0.3 is 5.97 Å². The number of thiophene rings is 1. The van der Waals surface area contributed by atoms with Gasteiger partial charge in [-0.15, -0.1) is 0 Å². The molecule has 0 saturated carbocycles. The molecule has 0 fully saturated rings. The first-order valence-electron chi connectivity index (χ1n) is 7.80. The van der Waals surface area contributed by atoms with E-state index < -0.39 is 24.0 Å². The smallest absolute Gasteiger partial charge is 0.310 e. The molecular weight excluding hydrogens is 340 g/mol. The first-order chi connectivity index (χ1) is 11.9. The van der Waals surface area contributed by atoms with E-state index in [-0.39, 0.29) is 12.3 Å². The van der Waals surface area contributed by atoms with Crippen molar-refractivity contribution in [2.75, 3.05) is 16.8 Å². The van der Waals surface area contributed by atoms with Crippen molar-refractivity contribution in [3.8, 4) is 0 Å². The lowest BCUT2D eigenvalue weighted by Gasteiger charge is -2.41. The number of hydrogen-bond donors (Lipinski definition) is 1. The Kier molecular flexibility index (Phi) is 4.59. The lowest BCUT2D eigenvalue weighted by Crippen LogP contribution is -2.59. The van der Waals surface area contributed by atoms with Crippen LogP contribution in [-0.4, -0.2) is 29.9 Å². The summed E-state index contributed by atoms with van der Waals surface area (Å²) in [6.07, 6.45) is 0.122. The molecule has 0 radical (unpaired) electrons. The second-order valence-electron chi connectivity index (χ2n) is 6.23. The summed E-state index contributed by atoms with van der Waals surface area (Å²) in [6.45, 7) is 2.90. The molecule has 25 heavy (non-hydrogen) atoms. The molecular formula is C18H18N2O4S. The van der Waals surface area contributed by atoms with Gasteiger partial charge in [-0.3, -0.25) is 19.3 Å². The van der Waals surface area contributed by atoms with Crippen LogP contribution in [0.4, 0.5) is 11.4 Å². The number of nitrogens with zero attached hydrogens (tertiary/aromatic N) is 1. The van der Waals surface area contributed by atoms with Crippen molar-refractivity contribution in [1.29, 1.82) is 0 Å². The van der Waals surface area contributed by atoms with Crippen LogP contribution < -0.4 is 10.2 Å². The van der Waals surface area contributed by atoms with E-state index in [1.165, 1.54) is 16.2 Å². The molecule has 2 heterocycles. The lowest BCUT2D eigenvalue weighted by atomic mass is 9.96. The maximum Gasteiger partial charge on any atom is 0.310 e. The molecule has 0 spiro atoms. The highest BCUT2D eigenvalue weighted by atomic mass is 32.1. The molecule has 1 aromatic heterocycles. The van der Waals surface area contributed by atoms with E-state index in [0.717, 1.165) is 5.56 Å². The average molecular weight is 358 g/mol. The fraction of sp³-hybridized carbons (Fsp3) is 0.278. The maximum atomic E-state index is 12.7. The molecule has 0 unspecified atom stereocenters. The Morgan fingerprint density at radius 1 is 1.24 bits per heavy atom. The molecule has 0 atom stereocenters. The number of nitrogens with one attached hydrogen (secondary N) is 1. The Hall–Kier alpha value is -2.67. The van der Waals surface area contributed by atoms with Crippen molar-refractivity contribution in [2.24, 2.45) is 0 Å². The predicted molar refractivity (Wildman–Crippen MR) is 95.6 cm³/mol. The van der Waals surface area contributed by atoms with Crippen molar-refractivity contribution in [3.05, 3.63) is 46.7 Å². The van der Waals surface area contributed by atoms with Crippen molar-refractivity contribution < 1.29 is 19.1 Å². The van der Waals surface area contributed by atoms with E-state index in [1.54, 1.807) is 38.1 Å². The van der Waals surface area contributed by atoms with Crippen LogP contribution in [0.15, 0.2) is 41.1 Å². The molecule has 1 N–H and O–H groups in total. The van der Waals surface area contributed by atoms with Crippen molar-refractivity contribution >= 4 is 40.5 Å². The summed E-state index contributed by atoms with van der Waals surface area (Å²) >= 11 is 1.49. The number of hydrogen-bond acceptors (Lipinski definition) is 5. The molecule has 0 saturated heterocycles. The van der Waals surface area contributed by atoms with E-state index in [0.29, 0.717) is 11.4 Å². The summed E-state index contributed by atoms with van der Waals surface area (Å²) in [7, 11) is 0. The quantitative estimate of drug-likeness (QED) is 0.853. The SMILES string of the molecule is CC1(C)C(=O)Nc2ccccc2N1C(=O)COC(=O)Cc1ccsc1. The molecule has 6 nitrogen and oxygen atoms in total. The van der Waals surface area contributed by atoms with Gasteiger partial charge in [0.2, 0.25) is 5.91 Å². The lowest BCUT2D eigenvalue weighted by molar-refractivity contribution is -0.147. The first-order valence-corrected chi connectivity index (χ1v) is 8.74. The summed E-state index contributed by atoms with van der Waals surface area (Å²) < 4.78 is 5.12. The standard InChI is InChI=1S/C18H18N2O4S/c1-18(2)17(23)19-13-5-3-4-6-14(13)20(18)15(21)10-24-16(22)9-12-7-8-25-11-12/h3-8,11H,9-10H2,1-2H3,(H,19,23). The summed E-state index contributed by atoms with van der Waals surface area (Å²) in [5.74, 6) is -1.20. The second-order valence-corrected chi connectivity index (χ2v) is 7.01. The van der Waals surface area contributed by atoms with E-state index in [1.807, 2.05) is 16.8 Å². The van der Waals surface area contributed by atoms with Gasteiger partial charge in [0.25, 0.3) is 5.91 Å². The summed E-state index contributed by atoms with van der Waals surface area (Å²) in [5.41, 5.74) is 0.923. The number of ether oxygens (including phenoxy) is 1. The molecule has 1 aromatic carbocycles. The van der Waals surface area contributed by atoms with Gasteiger partial charge in [0.05, 0.1) is 17.8 Å². The fourth-order valence-electron chi connectivity index (χ4n) is 2.72. The third-order valence-electron chi connectivity index (χ3n) is 4.04. The van der Waals surface area contributed by atoms with E-state index in [2.05, 4.69) is 5.32 Å². The molecule has 2 aromatic rings. The van der Waals surface area contributed by atoms with Gasteiger partial charge in [-0.2, -0.15) is 11.3 Å². The number of benzene rings is 1. The minimum absolute atomic E-state index is 0.122. The summed E-state index contributed by atoms with van der Waals surface area (Å²) in [5, 5.41) is 6.52. The number of esters is 1. The normalized spacial score (nSPS) is 15.3. The number of anilines is 2. The zero-order valence-electron chi connectivity index (χ0n) is 13.9. The largest absolute Gasteiger partial charge is 0.455 e. The minimum atomic E-state index is -1.08. The van der Waals surface area contributed by atoms with Gasteiger partial charge in [0.15, 0.2) is 6.61 Å². The highest BCUT2D eigenvalue weighted by Crippen LogP contribution is 2.36. The summed E-state index contributed by atoms with van der Waals surface area (Å²) in [4.78, 5) is 38.3. The van der Waals surface area contributed by atoms with Crippen molar-refractivity contribution in [1.82, 2.24) is 0 Å². The highest BCUT2D eigenvalue weighted by Gasteiger charge is 2.43. The number of carbonyl (C=O) groups excluding carboxylic acids is 3. The van der Waals surface area contributed by atoms with Gasteiger partial charge in [0.1, 0.15) is 5.54 Å². The zero-order valence-corrected chi connectivity index (χ0v) is 14.8. The molecule has 0 bridgehead atoms. The fourth-order valence-corrected chi connectivity index (χ4v) is 3.38. The predicted octanol–water partition coefficient (Wildman–Crippen LogP) is 2.60. The Bertz CT molecular complexity index is 814. The first kappa shape index (κ1) is 17.2. The number of para-hydroxylation sites is 2. The van der Waals surface area contributed by atoms with Gasteiger partial charge in [0, 0.05) is 0 Å². The van der Waals surface area contributed by atoms with Crippen LogP contribution in [-0.2, 0) is 25.5 Å². The number of fused-ring (bicyclic) bond motifs is 1. The van der Waals surface area contributed by atoms with Crippen LogP contribution in [0.1, 0.15) is 19.4 Å². The van der Waals surface area contributed by atoms with Gasteiger partial charge < -0.3 is 10.1 Å². The molecule has 7 heteroatoms. The third kappa shape index (κ3) is 3.41. The number of amides is 2. The Labute approximate surface area is 149 Å². The Balaban J connectivity index is 1.74. The van der Waals surface area contributed by atoms with Crippen molar-refractivity contribution in [2.45, 2.75) is 25.8 Å². The monoisotopic (exact) mass is 358 g/mol. The molecule has 1 aliphatic rings. The number of carbonyl (C=O) groups is 3. The Morgan fingerprint density at radius 3 is 2.72 bits per heavy atom. The van der Waals surface area contributed by atoms with Crippen LogP contribution in [0.2, 0.25) is 0 Å². The third-order valence-corrected chi connectivity index (χ3v) is 4.77. The van der Waals surface area contributed by atoms with E-state index >= 15 is 0 Å². The number of rotatable bonds is 4. The topological polar surface area (TPSA) is 75.7 Å². The van der Waals surface area contributed by atoms with E-state index in [9.17, 15) is 14.4 Å². The second kappa shape index (κ2) is 6.68.